The molecule has 1 unspecified atom stereocenters. The quantitative estimate of drug-likeness (QED) is 0.774. The smallest absolute Gasteiger partial charge is 0.263 e. The molecule has 0 aromatic carbocycles. The molecule has 1 fully saturated rings. The summed E-state index contributed by atoms with van der Waals surface area (Å²) < 4.78 is 7.32. The van der Waals surface area contributed by atoms with Crippen LogP contribution >= 0.6 is 11.3 Å². The molecule has 1 N–H and O–H groups in total. The lowest BCUT2D eigenvalue weighted by Crippen LogP contribution is -2.23. The normalized spacial score (nSPS) is 17.3. The van der Waals surface area contributed by atoms with Gasteiger partial charge in [0, 0.05) is 18.7 Å². The molecule has 0 radical (unpaired) electrons. The third-order valence-corrected chi connectivity index (χ3v) is 5.64. The molecule has 1 aliphatic rings. The van der Waals surface area contributed by atoms with Gasteiger partial charge in [-0.1, -0.05) is 6.07 Å². The fraction of sp³-hybridized carbons (Fsp3) is 0.412. The van der Waals surface area contributed by atoms with Crippen molar-refractivity contribution in [2.45, 2.75) is 32.7 Å². The first-order chi connectivity index (χ1) is 12.1. The summed E-state index contributed by atoms with van der Waals surface area (Å²) in [6.45, 7) is 5.67. The van der Waals surface area contributed by atoms with E-state index in [9.17, 15) is 4.79 Å². The Kier molecular flexibility index (Phi) is 4.22. The molecule has 0 saturated carbocycles. The molecule has 1 atom stereocenters. The molecule has 8 heteroatoms. The summed E-state index contributed by atoms with van der Waals surface area (Å²) in [6.07, 6.45) is 2.94. The molecule has 0 aliphatic carbocycles. The number of hydrogen-bond acceptors (Lipinski definition) is 6. The Morgan fingerprint density at radius 2 is 2.28 bits per heavy atom. The van der Waals surface area contributed by atoms with Crippen LogP contribution in [0.1, 0.15) is 44.1 Å². The highest BCUT2D eigenvalue weighted by Crippen LogP contribution is 2.30. The minimum absolute atomic E-state index is 0.121. The molecule has 25 heavy (non-hydrogen) atoms. The summed E-state index contributed by atoms with van der Waals surface area (Å²) in [5, 5.41) is 12.2. The first kappa shape index (κ1) is 16.2. The van der Waals surface area contributed by atoms with Gasteiger partial charge < -0.3 is 10.1 Å². The predicted octanol–water partition coefficient (Wildman–Crippen LogP) is 2.24. The van der Waals surface area contributed by atoms with Gasteiger partial charge in [-0.15, -0.1) is 21.5 Å². The van der Waals surface area contributed by atoms with Crippen LogP contribution in [-0.2, 0) is 11.3 Å². The number of hydrogen-bond donors (Lipinski definition) is 1. The first-order valence-corrected chi connectivity index (χ1v) is 9.07. The number of carbonyl (C=O) groups is 1. The molecule has 7 nitrogen and oxygen atoms in total. The maximum absolute atomic E-state index is 12.6. The molecule has 1 saturated heterocycles. The number of rotatable bonds is 4. The van der Waals surface area contributed by atoms with Crippen LogP contribution in [0.3, 0.4) is 0 Å². The fourth-order valence-corrected chi connectivity index (χ4v) is 4.04. The average molecular weight is 357 g/mol. The zero-order valence-electron chi connectivity index (χ0n) is 14.2. The highest BCUT2D eigenvalue weighted by molar-refractivity contribution is 7.13. The summed E-state index contributed by atoms with van der Waals surface area (Å²) in [5.41, 5.74) is 2.65. The number of aromatic nitrogens is 4. The van der Waals surface area contributed by atoms with Gasteiger partial charge in [0.2, 0.25) is 0 Å². The molecule has 3 aromatic heterocycles. The van der Waals surface area contributed by atoms with Gasteiger partial charge >= 0.3 is 0 Å². The molecule has 3 aromatic rings. The number of pyridine rings is 1. The van der Waals surface area contributed by atoms with E-state index in [0.717, 1.165) is 34.9 Å². The highest BCUT2D eigenvalue weighted by Gasteiger charge is 2.24. The lowest BCUT2D eigenvalue weighted by atomic mass is 10.1. The standard InChI is InChI=1S/C17H19N5O2S/c1-10-3-4-13-20-21-14(22(13)8-10)7-18-16(23)15-11(2)19-17(25-15)12-5-6-24-9-12/h3-4,8,12H,5-7,9H2,1-2H3,(H,18,23). The van der Waals surface area contributed by atoms with Crippen LogP contribution < -0.4 is 5.32 Å². The largest absolute Gasteiger partial charge is 0.381 e. The molecule has 4 rings (SSSR count). The van der Waals surface area contributed by atoms with E-state index in [1.807, 2.05) is 36.6 Å². The van der Waals surface area contributed by atoms with Crippen molar-refractivity contribution < 1.29 is 9.53 Å². The molecular weight excluding hydrogens is 338 g/mol. The van der Waals surface area contributed by atoms with Crippen molar-refractivity contribution in [2.75, 3.05) is 13.2 Å². The van der Waals surface area contributed by atoms with Crippen LogP contribution in [0, 0.1) is 13.8 Å². The number of carbonyl (C=O) groups excluding carboxylic acids is 1. The van der Waals surface area contributed by atoms with Crippen molar-refractivity contribution in [2.24, 2.45) is 0 Å². The van der Waals surface area contributed by atoms with E-state index in [1.54, 1.807) is 0 Å². The second-order valence-electron chi connectivity index (χ2n) is 6.26. The Morgan fingerprint density at radius 3 is 3.08 bits per heavy atom. The monoisotopic (exact) mass is 357 g/mol. The molecular formula is C17H19N5O2S. The maximum atomic E-state index is 12.6. The van der Waals surface area contributed by atoms with E-state index in [1.165, 1.54) is 11.3 Å². The highest BCUT2D eigenvalue weighted by atomic mass is 32.1. The van der Waals surface area contributed by atoms with Crippen LogP contribution in [0.25, 0.3) is 5.65 Å². The van der Waals surface area contributed by atoms with Crippen LogP contribution in [0.5, 0.6) is 0 Å². The zero-order valence-corrected chi connectivity index (χ0v) is 15.0. The van der Waals surface area contributed by atoms with E-state index in [2.05, 4.69) is 20.5 Å². The molecule has 130 valence electrons. The lowest BCUT2D eigenvalue weighted by Gasteiger charge is -2.04. The number of amides is 1. The van der Waals surface area contributed by atoms with Gasteiger partial charge in [-0.05, 0) is 31.9 Å². The van der Waals surface area contributed by atoms with Crippen molar-refractivity contribution in [3.8, 4) is 0 Å². The van der Waals surface area contributed by atoms with Gasteiger partial charge in [-0.2, -0.15) is 0 Å². The van der Waals surface area contributed by atoms with Gasteiger partial charge in [0.05, 0.1) is 23.9 Å². The Bertz CT molecular complexity index is 926. The van der Waals surface area contributed by atoms with Crippen LogP contribution in [0.4, 0.5) is 0 Å². The summed E-state index contributed by atoms with van der Waals surface area (Å²) in [4.78, 5) is 17.8. The molecule has 4 heterocycles. The second-order valence-corrected chi connectivity index (χ2v) is 7.29. The Balaban J connectivity index is 1.49. The number of aryl methyl sites for hydroxylation is 2. The third-order valence-electron chi connectivity index (χ3n) is 4.33. The topological polar surface area (TPSA) is 81.4 Å². The van der Waals surface area contributed by atoms with Crippen molar-refractivity contribution in [3.05, 3.63) is 45.3 Å². The van der Waals surface area contributed by atoms with Crippen molar-refractivity contribution in [1.29, 1.82) is 0 Å². The number of ether oxygens (including phenoxy) is 1. The van der Waals surface area contributed by atoms with E-state index in [-0.39, 0.29) is 5.91 Å². The lowest BCUT2D eigenvalue weighted by molar-refractivity contribution is 0.0953. The molecule has 1 amide bonds. The maximum Gasteiger partial charge on any atom is 0.263 e. The average Bonchev–Trinajstić information content (AvgIpc) is 3.32. The van der Waals surface area contributed by atoms with Gasteiger partial charge in [-0.3, -0.25) is 9.20 Å². The van der Waals surface area contributed by atoms with Crippen molar-refractivity contribution >= 4 is 22.9 Å². The van der Waals surface area contributed by atoms with E-state index >= 15 is 0 Å². The summed E-state index contributed by atoms with van der Waals surface area (Å²) in [7, 11) is 0. The fourth-order valence-electron chi connectivity index (χ4n) is 2.94. The van der Waals surface area contributed by atoms with E-state index in [0.29, 0.717) is 29.8 Å². The molecule has 1 aliphatic heterocycles. The van der Waals surface area contributed by atoms with Crippen molar-refractivity contribution in [1.82, 2.24) is 24.9 Å². The van der Waals surface area contributed by atoms with Gasteiger partial charge in [0.1, 0.15) is 4.88 Å². The number of nitrogens with one attached hydrogen (secondary N) is 1. The van der Waals surface area contributed by atoms with Crippen LogP contribution in [-0.4, -0.2) is 38.7 Å². The number of thiazole rings is 1. The molecule has 0 bridgehead atoms. The third kappa shape index (κ3) is 3.14. The van der Waals surface area contributed by atoms with E-state index < -0.39 is 0 Å². The number of nitrogens with zero attached hydrogens (tertiary/aromatic N) is 4. The minimum atomic E-state index is -0.121. The predicted molar refractivity (Wildman–Crippen MR) is 93.9 cm³/mol. The summed E-state index contributed by atoms with van der Waals surface area (Å²) in [6, 6.07) is 3.90. The second kappa shape index (κ2) is 6.53. The van der Waals surface area contributed by atoms with Crippen LogP contribution in [0.2, 0.25) is 0 Å². The van der Waals surface area contributed by atoms with Crippen molar-refractivity contribution in [3.63, 3.8) is 0 Å². The summed E-state index contributed by atoms with van der Waals surface area (Å²) >= 11 is 1.46. The first-order valence-electron chi connectivity index (χ1n) is 8.25. The number of fused-ring (bicyclic) bond motifs is 1. The van der Waals surface area contributed by atoms with E-state index in [4.69, 9.17) is 4.74 Å². The van der Waals surface area contributed by atoms with Gasteiger partial charge in [-0.25, -0.2) is 4.98 Å². The minimum Gasteiger partial charge on any atom is -0.381 e. The summed E-state index contributed by atoms with van der Waals surface area (Å²) in [5.74, 6) is 0.900. The van der Waals surface area contributed by atoms with Gasteiger partial charge in [0.25, 0.3) is 5.91 Å². The Hall–Kier alpha value is -2.32. The van der Waals surface area contributed by atoms with Crippen LogP contribution in [0.15, 0.2) is 18.3 Å². The SMILES string of the molecule is Cc1ccc2nnc(CNC(=O)c3sc(C4CCOC4)nc3C)n2c1. The Morgan fingerprint density at radius 1 is 1.40 bits per heavy atom. The Labute approximate surface area is 149 Å². The zero-order chi connectivity index (χ0) is 17.4. The van der Waals surface area contributed by atoms with Gasteiger partial charge in [0.15, 0.2) is 11.5 Å². The molecule has 0 spiro atoms.